The van der Waals surface area contributed by atoms with Crippen LogP contribution in [-0.2, 0) is 16.0 Å². The number of rotatable bonds is 10. The normalized spacial score (nSPS) is 12.8. The quantitative estimate of drug-likeness (QED) is 0.284. The molecule has 32 heavy (non-hydrogen) atoms. The van der Waals surface area contributed by atoms with Crippen molar-refractivity contribution in [1.82, 2.24) is 5.32 Å². The van der Waals surface area contributed by atoms with Gasteiger partial charge < -0.3 is 16.2 Å². The summed E-state index contributed by atoms with van der Waals surface area (Å²) in [5, 5.41) is 22.0. The van der Waals surface area contributed by atoms with Crippen LogP contribution in [0.15, 0.2) is 66.7 Å². The summed E-state index contributed by atoms with van der Waals surface area (Å²) < 4.78 is 0. The van der Waals surface area contributed by atoms with Gasteiger partial charge in [0.25, 0.3) is 0 Å². The Morgan fingerprint density at radius 3 is 2.34 bits per heavy atom. The maximum Gasteiger partial charge on any atom is 0.326 e. The van der Waals surface area contributed by atoms with Gasteiger partial charge in [0.1, 0.15) is 11.9 Å². The largest absolute Gasteiger partial charge is 0.480 e. The number of carboxylic acid groups (broad SMARTS) is 1. The van der Waals surface area contributed by atoms with E-state index < -0.39 is 17.9 Å². The number of carbonyl (C=O) groups excluding carboxylic acids is 1. The second kappa shape index (κ2) is 10.6. The average molecular weight is 432 g/mol. The van der Waals surface area contributed by atoms with Crippen molar-refractivity contribution in [3.63, 3.8) is 0 Å². The number of nitrogens with one attached hydrogen (secondary N) is 2. The summed E-state index contributed by atoms with van der Waals surface area (Å²) in [4.78, 5) is 25.0. The number of carbonyl (C=O) groups is 2. The Morgan fingerprint density at radius 1 is 1.03 bits per heavy atom. The molecular formula is C26H29N3O3. The molecule has 6 heteroatoms. The summed E-state index contributed by atoms with van der Waals surface area (Å²) in [6.45, 7) is 1.99. The lowest BCUT2D eigenvalue weighted by atomic mass is 9.89. The summed E-state index contributed by atoms with van der Waals surface area (Å²) in [5.74, 6) is -1.89. The lowest BCUT2D eigenvalue weighted by molar-refractivity contribution is -0.142. The van der Waals surface area contributed by atoms with Gasteiger partial charge in [-0.15, -0.1) is 0 Å². The number of hydrogen-bond donors (Lipinski definition) is 4. The Morgan fingerprint density at radius 2 is 1.72 bits per heavy atom. The van der Waals surface area contributed by atoms with Gasteiger partial charge in [0.2, 0.25) is 5.91 Å². The predicted molar refractivity (Wildman–Crippen MR) is 127 cm³/mol. The minimum atomic E-state index is -1.02. The second-order valence-electron chi connectivity index (χ2n) is 8.02. The van der Waals surface area contributed by atoms with Crippen molar-refractivity contribution in [3.05, 3.63) is 83.4 Å². The Kier molecular flexibility index (Phi) is 7.60. The molecule has 0 aliphatic rings. The van der Waals surface area contributed by atoms with Crippen molar-refractivity contribution in [2.45, 2.75) is 44.6 Å². The molecular weight excluding hydrogens is 402 g/mol. The number of carboxylic acids is 1. The van der Waals surface area contributed by atoms with E-state index >= 15 is 0 Å². The van der Waals surface area contributed by atoms with Gasteiger partial charge in [-0.2, -0.15) is 0 Å². The van der Waals surface area contributed by atoms with Gasteiger partial charge in [0.15, 0.2) is 0 Å². The highest BCUT2D eigenvalue weighted by Gasteiger charge is 2.26. The van der Waals surface area contributed by atoms with Crippen molar-refractivity contribution < 1.29 is 14.7 Å². The first-order valence-corrected chi connectivity index (χ1v) is 10.8. The third kappa shape index (κ3) is 5.72. The summed E-state index contributed by atoms with van der Waals surface area (Å²) in [7, 11) is 0. The van der Waals surface area contributed by atoms with Crippen LogP contribution in [0.1, 0.15) is 48.8 Å². The van der Waals surface area contributed by atoms with Crippen LogP contribution in [-0.4, -0.2) is 28.9 Å². The van der Waals surface area contributed by atoms with E-state index in [0.29, 0.717) is 18.4 Å². The zero-order valence-corrected chi connectivity index (χ0v) is 18.2. The molecule has 3 rings (SSSR count). The fourth-order valence-electron chi connectivity index (χ4n) is 3.78. The average Bonchev–Trinajstić information content (AvgIpc) is 2.79. The van der Waals surface area contributed by atoms with E-state index in [9.17, 15) is 14.7 Å². The molecule has 0 fully saturated rings. The van der Waals surface area contributed by atoms with E-state index in [2.05, 4.69) is 5.32 Å². The molecule has 0 bridgehead atoms. The van der Waals surface area contributed by atoms with Crippen LogP contribution in [0.5, 0.6) is 0 Å². The van der Waals surface area contributed by atoms with Gasteiger partial charge in [0.05, 0.1) is 5.92 Å². The molecule has 0 aliphatic heterocycles. The van der Waals surface area contributed by atoms with Gasteiger partial charge in [-0.25, -0.2) is 4.79 Å². The first-order chi connectivity index (χ1) is 15.4. The van der Waals surface area contributed by atoms with Gasteiger partial charge in [-0.1, -0.05) is 86.5 Å². The number of hydrogen-bond acceptors (Lipinski definition) is 3. The summed E-state index contributed by atoms with van der Waals surface area (Å²) in [6.07, 6.45) is 2.39. The van der Waals surface area contributed by atoms with Crippen LogP contribution < -0.4 is 11.1 Å². The topological polar surface area (TPSA) is 116 Å². The van der Waals surface area contributed by atoms with E-state index in [1.165, 1.54) is 0 Å². The van der Waals surface area contributed by atoms with Gasteiger partial charge >= 0.3 is 5.97 Å². The SMILES string of the molecule is CCCC[C@H](NC(=O)[C@H](Cc1ccc(C(=N)N)cc1)c1ccc2ccccc2c1)C(=O)O. The molecule has 0 saturated heterocycles. The van der Waals surface area contributed by atoms with E-state index in [1.54, 1.807) is 12.1 Å². The number of fused-ring (bicyclic) bond motifs is 1. The standard InChI is InChI=1S/C26H29N3O3/c1-2-3-8-23(26(31)32)29-25(30)22(15-17-9-11-19(12-10-17)24(27)28)21-14-13-18-6-4-5-7-20(18)16-21/h4-7,9-14,16,22-23H,2-3,8,15H2,1H3,(H3,27,28)(H,29,30)(H,31,32)/t22-,23+/m1/s1. The Balaban J connectivity index is 1.92. The van der Waals surface area contributed by atoms with Crippen LogP contribution in [0.3, 0.4) is 0 Å². The van der Waals surface area contributed by atoms with Crippen LogP contribution in [0.2, 0.25) is 0 Å². The molecule has 0 aromatic heterocycles. The maximum absolute atomic E-state index is 13.3. The molecule has 0 aliphatic carbocycles. The lowest BCUT2D eigenvalue weighted by Gasteiger charge is -2.21. The highest BCUT2D eigenvalue weighted by molar-refractivity contribution is 5.95. The number of benzene rings is 3. The number of unbranched alkanes of at least 4 members (excludes halogenated alkanes) is 1. The number of nitrogen functional groups attached to an aromatic ring is 1. The van der Waals surface area contributed by atoms with Gasteiger partial charge in [0, 0.05) is 5.56 Å². The minimum Gasteiger partial charge on any atom is -0.480 e. The molecule has 3 aromatic rings. The molecule has 0 spiro atoms. The number of amidine groups is 1. The Hall–Kier alpha value is -3.67. The Bertz CT molecular complexity index is 1110. The highest BCUT2D eigenvalue weighted by Crippen LogP contribution is 2.26. The summed E-state index contributed by atoms with van der Waals surface area (Å²) >= 11 is 0. The zero-order valence-electron chi connectivity index (χ0n) is 18.2. The molecule has 3 aromatic carbocycles. The maximum atomic E-state index is 13.3. The molecule has 1 amide bonds. The summed E-state index contributed by atoms with van der Waals surface area (Å²) in [6, 6.07) is 20.1. The summed E-state index contributed by atoms with van der Waals surface area (Å²) in [5.41, 5.74) is 7.90. The van der Waals surface area contributed by atoms with E-state index in [1.807, 2.05) is 61.5 Å². The van der Waals surface area contributed by atoms with Crippen LogP contribution in [0.4, 0.5) is 0 Å². The molecule has 0 saturated carbocycles. The molecule has 166 valence electrons. The number of nitrogens with two attached hydrogens (primary N) is 1. The molecule has 0 heterocycles. The minimum absolute atomic E-state index is 0.0133. The smallest absolute Gasteiger partial charge is 0.326 e. The Labute approximate surface area is 188 Å². The fraction of sp³-hybridized carbons (Fsp3) is 0.269. The van der Waals surface area contributed by atoms with E-state index in [4.69, 9.17) is 11.1 Å². The molecule has 0 unspecified atom stereocenters. The highest BCUT2D eigenvalue weighted by atomic mass is 16.4. The third-order valence-electron chi connectivity index (χ3n) is 5.66. The van der Waals surface area contributed by atoms with E-state index in [0.717, 1.165) is 34.7 Å². The third-order valence-corrected chi connectivity index (χ3v) is 5.66. The van der Waals surface area contributed by atoms with Crippen molar-refractivity contribution in [2.75, 3.05) is 0 Å². The first kappa shape index (κ1) is 23.0. The van der Waals surface area contributed by atoms with Gasteiger partial charge in [-0.3, -0.25) is 10.2 Å². The monoisotopic (exact) mass is 431 g/mol. The van der Waals surface area contributed by atoms with Gasteiger partial charge in [-0.05, 0) is 34.7 Å². The number of amides is 1. The van der Waals surface area contributed by atoms with E-state index in [-0.39, 0.29) is 11.7 Å². The van der Waals surface area contributed by atoms with Crippen LogP contribution >= 0.6 is 0 Å². The molecule has 0 radical (unpaired) electrons. The van der Waals surface area contributed by atoms with Crippen LogP contribution in [0.25, 0.3) is 10.8 Å². The first-order valence-electron chi connectivity index (χ1n) is 10.8. The lowest BCUT2D eigenvalue weighted by Crippen LogP contribution is -2.43. The number of aliphatic carboxylic acids is 1. The molecule has 2 atom stereocenters. The fourth-order valence-corrected chi connectivity index (χ4v) is 3.78. The molecule has 5 N–H and O–H groups in total. The van der Waals surface area contributed by atoms with Crippen molar-refractivity contribution >= 4 is 28.5 Å². The van der Waals surface area contributed by atoms with Crippen molar-refractivity contribution in [1.29, 1.82) is 5.41 Å². The predicted octanol–water partition coefficient (Wildman–Crippen LogP) is 4.21. The molecule has 6 nitrogen and oxygen atoms in total. The zero-order chi connectivity index (χ0) is 23.1. The second-order valence-corrected chi connectivity index (χ2v) is 8.02. The van der Waals surface area contributed by atoms with Crippen LogP contribution in [0, 0.1) is 5.41 Å². The van der Waals surface area contributed by atoms with Crippen molar-refractivity contribution in [3.8, 4) is 0 Å². The van der Waals surface area contributed by atoms with Crippen molar-refractivity contribution in [2.24, 2.45) is 5.73 Å².